The summed E-state index contributed by atoms with van der Waals surface area (Å²) in [6.07, 6.45) is 1.28. The SMILES string of the molecule is Cc1cscc1NC(=O)C1CCC1C(=O)O. The molecule has 4 nitrogen and oxygen atoms in total. The fourth-order valence-corrected chi connectivity index (χ4v) is 2.60. The van der Waals surface area contributed by atoms with Crippen LogP contribution in [0.15, 0.2) is 10.8 Å². The topological polar surface area (TPSA) is 66.4 Å². The van der Waals surface area contributed by atoms with E-state index in [1.807, 2.05) is 17.7 Å². The van der Waals surface area contributed by atoms with E-state index in [-0.39, 0.29) is 11.8 Å². The minimum atomic E-state index is -0.867. The molecule has 1 aromatic rings. The second-order valence-electron chi connectivity index (χ2n) is 4.09. The third-order valence-corrected chi connectivity index (χ3v) is 3.90. The van der Waals surface area contributed by atoms with Crippen LogP contribution in [0.1, 0.15) is 18.4 Å². The van der Waals surface area contributed by atoms with Crippen molar-refractivity contribution in [2.45, 2.75) is 19.8 Å². The maximum atomic E-state index is 11.8. The molecule has 1 saturated carbocycles. The molecule has 2 rings (SSSR count). The van der Waals surface area contributed by atoms with Gasteiger partial charge in [-0.15, -0.1) is 11.3 Å². The van der Waals surface area contributed by atoms with Crippen LogP contribution in [0.5, 0.6) is 0 Å². The lowest BCUT2D eigenvalue weighted by molar-refractivity contribution is -0.151. The van der Waals surface area contributed by atoms with Gasteiger partial charge in [-0.05, 0) is 30.7 Å². The Morgan fingerprint density at radius 2 is 2.06 bits per heavy atom. The lowest BCUT2D eigenvalue weighted by Crippen LogP contribution is -2.41. The minimum Gasteiger partial charge on any atom is -0.481 e. The number of hydrogen-bond donors (Lipinski definition) is 2. The largest absolute Gasteiger partial charge is 0.481 e. The Morgan fingerprint density at radius 1 is 1.38 bits per heavy atom. The van der Waals surface area contributed by atoms with E-state index in [0.717, 1.165) is 11.3 Å². The minimum absolute atomic E-state index is 0.167. The highest BCUT2D eigenvalue weighted by molar-refractivity contribution is 7.08. The molecule has 0 bridgehead atoms. The number of anilines is 1. The first-order valence-corrected chi connectivity index (χ1v) is 6.10. The average molecular weight is 239 g/mol. The molecule has 86 valence electrons. The summed E-state index contributed by atoms with van der Waals surface area (Å²) >= 11 is 1.52. The van der Waals surface area contributed by atoms with E-state index in [0.29, 0.717) is 12.8 Å². The maximum absolute atomic E-state index is 11.8. The summed E-state index contributed by atoms with van der Waals surface area (Å²) in [5.74, 6) is -1.90. The van der Waals surface area contributed by atoms with Gasteiger partial charge < -0.3 is 10.4 Å². The van der Waals surface area contributed by atoms with Crippen LogP contribution in [0.4, 0.5) is 5.69 Å². The zero-order valence-electron chi connectivity index (χ0n) is 8.90. The Morgan fingerprint density at radius 3 is 2.50 bits per heavy atom. The number of nitrogens with one attached hydrogen (secondary N) is 1. The fraction of sp³-hybridized carbons (Fsp3) is 0.455. The lowest BCUT2D eigenvalue weighted by Gasteiger charge is -2.31. The number of rotatable bonds is 3. The monoisotopic (exact) mass is 239 g/mol. The second-order valence-corrected chi connectivity index (χ2v) is 4.83. The molecule has 1 amide bonds. The zero-order chi connectivity index (χ0) is 11.7. The number of carbonyl (C=O) groups excluding carboxylic acids is 1. The third-order valence-electron chi connectivity index (χ3n) is 3.04. The van der Waals surface area contributed by atoms with Gasteiger partial charge in [-0.1, -0.05) is 0 Å². The van der Waals surface area contributed by atoms with Crippen LogP contribution in [-0.4, -0.2) is 17.0 Å². The molecule has 1 fully saturated rings. The summed E-state index contributed by atoms with van der Waals surface area (Å²) in [5.41, 5.74) is 1.82. The summed E-state index contributed by atoms with van der Waals surface area (Å²) in [5, 5.41) is 15.5. The van der Waals surface area contributed by atoms with Gasteiger partial charge >= 0.3 is 5.97 Å². The molecule has 0 spiro atoms. The van der Waals surface area contributed by atoms with Crippen LogP contribution < -0.4 is 5.32 Å². The molecule has 2 unspecified atom stereocenters. The van der Waals surface area contributed by atoms with E-state index < -0.39 is 11.9 Å². The van der Waals surface area contributed by atoms with Crippen LogP contribution in [0, 0.1) is 18.8 Å². The zero-order valence-corrected chi connectivity index (χ0v) is 9.71. The Labute approximate surface area is 97.3 Å². The van der Waals surface area contributed by atoms with Crippen molar-refractivity contribution in [3.05, 3.63) is 16.3 Å². The van der Waals surface area contributed by atoms with Gasteiger partial charge in [0.05, 0.1) is 17.5 Å². The van der Waals surface area contributed by atoms with Gasteiger partial charge in [-0.3, -0.25) is 9.59 Å². The molecule has 1 aliphatic carbocycles. The number of thiophene rings is 1. The summed E-state index contributed by atoms with van der Waals surface area (Å²) in [6.45, 7) is 1.92. The molecule has 2 N–H and O–H groups in total. The highest BCUT2D eigenvalue weighted by atomic mass is 32.1. The Kier molecular flexibility index (Phi) is 2.96. The molecular formula is C11H13NO3S. The van der Waals surface area contributed by atoms with E-state index in [1.165, 1.54) is 11.3 Å². The van der Waals surface area contributed by atoms with E-state index in [1.54, 1.807) is 0 Å². The van der Waals surface area contributed by atoms with Gasteiger partial charge in [-0.25, -0.2) is 0 Å². The first kappa shape index (κ1) is 11.1. The summed E-state index contributed by atoms with van der Waals surface area (Å²) in [7, 11) is 0. The quantitative estimate of drug-likeness (QED) is 0.849. The molecule has 0 aliphatic heterocycles. The summed E-state index contributed by atoms with van der Waals surface area (Å²) in [4.78, 5) is 22.6. The van der Waals surface area contributed by atoms with E-state index >= 15 is 0 Å². The van der Waals surface area contributed by atoms with Gasteiger partial charge in [0.25, 0.3) is 0 Å². The van der Waals surface area contributed by atoms with Crippen molar-refractivity contribution in [2.75, 3.05) is 5.32 Å². The molecule has 2 atom stereocenters. The van der Waals surface area contributed by atoms with Crippen molar-refractivity contribution >= 4 is 28.9 Å². The average Bonchev–Trinajstić information content (AvgIpc) is 2.48. The Balaban J connectivity index is 1.99. The van der Waals surface area contributed by atoms with Crippen molar-refractivity contribution in [2.24, 2.45) is 11.8 Å². The number of carboxylic acids is 1. The summed E-state index contributed by atoms with van der Waals surface area (Å²) < 4.78 is 0. The predicted octanol–water partition coefficient (Wildman–Crippen LogP) is 2.11. The van der Waals surface area contributed by atoms with Crippen LogP contribution in [-0.2, 0) is 9.59 Å². The highest BCUT2D eigenvalue weighted by Gasteiger charge is 2.41. The van der Waals surface area contributed by atoms with Crippen molar-refractivity contribution in [1.82, 2.24) is 0 Å². The molecule has 1 aliphatic rings. The fourth-order valence-electron chi connectivity index (χ4n) is 1.82. The first-order chi connectivity index (χ1) is 7.59. The normalized spacial score (nSPS) is 23.6. The van der Waals surface area contributed by atoms with Crippen molar-refractivity contribution in [3.8, 4) is 0 Å². The van der Waals surface area contributed by atoms with Crippen molar-refractivity contribution in [3.63, 3.8) is 0 Å². The highest BCUT2D eigenvalue weighted by Crippen LogP contribution is 2.35. The van der Waals surface area contributed by atoms with Gasteiger partial charge in [0.15, 0.2) is 0 Å². The van der Waals surface area contributed by atoms with Crippen LogP contribution >= 0.6 is 11.3 Å². The Bertz CT molecular complexity index is 427. The molecule has 0 saturated heterocycles. The van der Waals surface area contributed by atoms with Crippen LogP contribution in [0.2, 0.25) is 0 Å². The second kappa shape index (κ2) is 4.25. The number of amides is 1. The molecule has 1 heterocycles. The van der Waals surface area contributed by atoms with Gasteiger partial charge in [-0.2, -0.15) is 0 Å². The molecule has 5 heteroatoms. The number of aryl methyl sites for hydroxylation is 1. The van der Waals surface area contributed by atoms with Crippen LogP contribution in [0.3, 0.4) is 0 Å². The standard InChI is InChI=1S/C11H13NO3S/c1-6-4-16-5-9(6)12-10(13)7-2-3-8(7)11(14)15/h4-5,7-8H,2-3H2,1H3,(H,12,13)(H,14,15). The van der Waals surface area contributed by atoms with Gasteiger partial charge in [0.1, 0.15) is 0 Å². The lowest BCUT2D eigenvalue weighted by atomic mass is 9.73. The smallest absolute Gasteiger partial charge is 0.307 e. The third kappa shape index (κ3) is 1.95. The predicted molar refractivity (Wildman–Crippen MR) is 61.5 cm³/mol. The van der Waals surface area contributed by atoms with Gasteiger partial charge in [0, 0.05) is 5.38 Å². The van der Waals surface area contributed by atoms with E-state index in [4.69, 9.17) is 5.11 Å². The van der Waals surface area contributed by atoms with Crippen LogP contribution in [0.25, 0.3) is 0 Å². The number of aliphatic carboxylic acids is 1. The van der Waals surface area contributed by atoms with E-state index in [2.05, 4.69) is 5.32 Å². The number of carboxylic acid groups (broad SMARTS) is 1. The first-order valence-electron chi connectivity index (χ1n) is 5.16. The number of carbonyl (C=O) groups is 2. The molecule has 0 radical (unpaired) electrons. The number of hydrogen-bond acceptors (Lipinski definition) is 3. The van der Waals surface area contributed by atoms with Crippen molar-refractivity contribution < 1.29 is 14.7 Å². The van der Waals surface area contributed by atoms with E-state index in [9.17, 15) is 9.59 Å². The molecule has 16 heavy (non-hydrogen) atoms. The molecular weight excluding hydrogens is 226 g/mol. The Hall–Kier alpha value is -1.36. The molecule has 1 aromatic heterocycles. The molecule has 0 aromatic carbocycles. The van der Waals surface area contributed by atoms with Gasteiger partial charge in [0.2, 0.25) is 5.91 Å². The van der Waals surface area contributed by atoms with Crippen molar-refractivity contribution in [1.29, 1.82) is 0 Å². The summed E-state index contributed by atoms with van der Waals surface area (Å²) in [6, 6.07) is 0. The maximum Gasteiger partial charge on any atom is 0.307 e.